The Morgan fingerprint density at radius 2 is 1.62 bits per heavy atom. The van der Waals surface area contributed by atoms with Crippen molar-refractivity contribution in [2.75, 3.05) is 18.0 Å². The summed E-state index contributed by atoms with van der Waals surface area (Å²) < 4.78 is 0. The third-order valence-electron chi connectivity index (χ3n) is 5.68. The number of fused-ring (bicyclic) bond motifs is 1. The quantitative estimate of drug-likeness (QED) is 0.540. The van der Waals surface area contributed by atoms with Gasteiger partial charge in [-0.25, -0.2) is 9.97 Å². The van der Waals surface area contributed by atoms with Crippen molar-refractivity contribution in [3.05, 3.63) is 78.5 Å². The van der Waals surface area contributed by atoms with E-state index in [1.165, 1.54) is 12.8 Å². The molecule has 1 aliphatic rings. The summed E-state index contributed by atoms with van der Waals surface area (Å²) in [5, 5.41) is 1.12. The van der Waals surface area contributed by atoms with Crippen LogP contribution in [0.3, 0.4) is 0 Å². The molecule has 1 aliphatic heterocycles. The molecule has 5 rings (SSSR count). The largest absolute Gasteiger partial charge is 0.356 e. The van der Waals surface area contributed by atoms with Gasteiger partial charge in [0.05, 0.1) is 11.2 Å². The molecule has 2 N–H and O–H groups in total. The van der Waals surface area contributed by atoms with Gasteiger partial charge in [0, 0.05) is 42.3 Å². The molecule has 4 aromatic rings. The lowest BCUT2D eigenvalue weighted by Crippen LogP contribution is -2.19. The monoisotopic (exact) mass is 380 g/mol. The number of nitrogens with two attached hydrogens (primary N) is 1. The van der Waals surface area contributed by atoms with Crippen LogP contribution < -0.4 is 10.6 Å². The Hall–Kier alpha value is -3.24. The minimum absolute atomic E-state index is 0.543. The molecule has 4 heteroatoms. The summed E-state index contributed by atoms with van der Waals surface area (Å²) >= 11 is 0. The van der Waals surface area contributed by atoms with Gasteiger partial charge in [0.2, 0.25) is 0 Å². The van der Waals surface area contributed by atoms with Crippen molar-refractivity contribution >= 4 is 16.7 Å². The fraction of sp³-hybridized carbons (Fsp3) is 0.200. The Morgan fingerprint density at radius 1 is 0.862 bits per heavy atom. The molecule has 144 valence electrons. The van der Waals surface area contributed by atoms with Gasteiger partial charge in [-0.05, 0) is 36.1 Å². The van der Waals surface area contributed by atoms with Crippen molar-refractivity contribution in [2.24, 2.45) is 5.73 Å². The fourth-order valence-corrected chi connectivity index (χ4v) is 4.12. The Labute approximate surface area is 171 Å². The molecule has 0 amide bonds. The minimum atomic E-state index is 0.543. The summed E-state index contributed by atoms with van der Waals surface area (Å²) in [6, 6.07) is 23.2. The number of nitrogens with zero attached hydrogens (tertiary/aromatic N) is 3. The van der Waals surface area contributed by atoms with E-state index in [9.17, 15) is 0 Å². The zero-order valence-electron chi connectivity index (χ0n) is 16.4. The normalized spacial score (nSPS) is 13.9. The molecule has 1 saturated heterocycles. The standard InChI is InChI=1S/C25H24N4/c26-17-18-8-10-20(11-9-18)24-21(19-6-2-1-3-7-19)16-22-23(28-24)12-13-27-25(22)29-14-4-5-15-29/h1-3,6-13,16H,4-5,14-15,17,26H2. The van der Waals surface area contributed by atoms with Crippen LogP contribution in [-0.4, -0.2) is 23.1 Å². The van der Waals surface area contributed by atoms with Crippen molar-refractivity contribution < 1.29 is 0 Å². The highest BCUT2D eigenvalue weighted by Crippen LogP contribution is 2.36. The van der Waals surface area contributed by atoms with Crippen molar-refractivity contribution in [3.8, 4) is 22.4 Å². The van der Waals surface area contributed by atoms with E-state index in [2.05, 4.69) is 59.5 Å². The third kappa shape index (κ3) is 3.36. The van der Waals surface area contributed by atoms with Crippen LogP contribution in [0, 0.1) is 0 Å². The Balaban J connectivity index is 1.74. The smallest absolute Gasteiger partial charge is 0.138 e. The molecule has 29 heavy (non-hydrogen) atoms. The van der Waals surface area contributed by atoms with E-state index in [1.54, 1.807) is 0 Å². The highest BCUT2D eigenvalue weighted by molar-refractivity contribution is 5.97. The van der Waals surface area contributed by atoms with Crippen LogP contribution in [0.4, 0.5) is 5.82 Å². The van der Waals surface area contributed by atoms with Gasteiger partial charge in [-0.1, -0.05) is 54.6 Å². The molecule has 0 unspecified atom stereocenters. The summed E-state index contributed by atoms with van der Waals surface area (Å²) in [7, 11) is 0. The molecule has 4 nitrogen and oxygen atoms in total. The molecule has 0 saturated carbocycles. The van der Waals surface area contributed by atoms with Crippen molar-refractivity contribution in [1.82, 2.24) is 9.97 Å². The van der Waals surface area contributed by atoms with E-state index < -0.39 is 0 Å². The van der Waals surface area contributed by atoms with Crippen LogP contribution in [-0.2, 0) is 6.54 Å². The highest BCUT2D eigenvalue weighted by Gasteiger charge is 2.19. The van der Waals surface area contributed by atoms with E-state index in [1.807, 2.05) is 18.3 Å². The maximum absolute atomic E-state index is 5.78. The van der Waals surface area contributed by atoms with Crippen LogP contribution in [0.5, 0.6) is 0 Å². The first-order valence-electron chi connectivity index (χ1n) is 10.2. The molecular weight excluding hydrogens is 356 g/mol. The van der Waals surface area contributed by atoms with E-state index in [0.29, 0.717) is 6.54 Å². The molecule has 3 heterocycles. The van der Waals surface area contributed by atoms with Crippen LogP contribution in [0.15, 0.2) is 72.9 Å². The average Bonchev–Trinajstić information content (AvgIpc) is 3.33. The number of hydrogen-bond donors (Lipinski definition) is 1. The number of benzene rings is 2. The lowest BCUT2D eigenvalue weighted by Gasteiger charge is -2.19. The van der Waals surface area contributed by atoms with Gasteiger partial charge in [-0.2, -0.15) is 0 Å². The van der Waals surface area contributed by atoms with Gasteiger partial charge in [-0.3, -0.25) is 0 Å². The van der Waals surface area contributed by atoms with Gasteiger partial charge in [0.25, 0.3) is 0 Å². The summed E-state index contributed by atoms with van der Waals surface area (Å²) in [4.78, 5) is 12.2. The van der Waals surface area contributed by atoms with Gasteiger partial charge in [-0.15, -0.1) is 0 Å². The van der Waals surface area contributed by atoms with Crippen LogP contribution in [0.25, 0.3) is 33.3 Å². The molecule has 1 fully saturated rings. The minimum Gasteiger partial charge on any atom is -0.356 e. The summed E-state index contributed by atoms with van der Waals surface area (Å²) in [6.45, 7) is 2.67. The first kappa shape index (κ1) is 17.8. The predicted octanol–water partition coefficient (Wildman–Crippen LogP) is 5.02. The Kier molecular flexibility index (Phi) is 4.70. The average molecular weight is 380 g/mol. The second kappa shape index (κ2) is 7.64. The molecule has 0 aliphatic carbocycles. The number of aromatic nitrogens is 2. The van der Waals surface area contributed by atoms with Crippen molar-refractivity contribution in [2.45, 2.75) is 19.4 Å². The summed E-state index contributed by atoms with van der Waals surface area (Å²) in [5.41, 5.74) is 12.3. The lowest BCUT2D eigenvalue weighted by molar-refractivity contribution is 0.945. The lowest BCUT2D eigenvalue weighted by atomic mass is 9.97. The van der Waals surface area contributed by atoms with Crippen molar-refractivity contribution in [1.29, 1.82) is 0 Å². The van der Waals surface area contributed by atoms with Crippen LogP contribution >= 0.6 is 0 Å². The maximum Gasteiger partial charge on any atom is 0.138 e. The number of rotatable bonds is 4. The molecular formula is C25H24N4. The van der Waals surface area contributed by atoms with Gasteiger partial charge >= 0.3 is 0 Å². The van der Waals surface area contributed by atoms with E-state index >= 15 is 0 Å². The van der Waals surface area contributed by atoms with Gasteiger partial charge in [0.1, 0.15) is 5.82 Å². The topological polar surface area (TPSA) is 55.0 Å². The van der Waals surface area contributed by atoms with E-state index in [-0.39, 0.29) is 0 Å². The van der Waals surface area contributed by atoms with Gasteiger partial charge in [0.15, 0.2) is 0 Å². The fourth-order valence-electron chi connectivity index (χ4n) is 4.12. The Morgan fingerprint density at radius 3 is 2.34 bits per heavy atom. The summed E-state index contributed by atoms with van der Waals surface area (Å²) in [6.07, 6.45) is 4.33. The van der Waals surface area contributed by atoms with E-state index in [4.69, 9.17) is 15.7 Å². The molecule has 0 spiro atoms. The second-order valence-electron chi connectivity index (χ2n) is 7.55. The zero-order chi connectivity index (χ0) is 19.6. The first-order chi connectivity index (χ1) is 14.3. The summed E-state index contributed by atoms with van der Waals surface area (Å²) in [5.74, 6) is 1.05. The number of anilines is 1. The molecule has 0 bridgehead atoms. The third-order valence-corrected chi connectivity index (χ3v) is 5.68. The maximum atomic E-state index is 5.78. The highest BCUT2D eigenvalue weighted by atomic mass is 15.2. The molecule has 0 radical (unpaired) electrons. The first-order valence-corrected chi connectivity index (χ1v) is 10.2. The molecule has 0 atom stereocenters. The van der Waals surface area contributed by atoms with E-state index in [0.717, 1.165) is 57.8 Å². The molecule has 2 aromatic carbocycles. The number of hydrogen-bond acceptors (Lipinski definition) is 4. The zero-order valence-corrected chi connectivity index (χ0v) is 16.4. The van der Waals surface area contributed by atoms with Gasteiger partial charge < -0.3 is 10.6 Å². The van der Waals surface area contributed by atoms with Crippen LogP contribution in [0.2, 0.25) is 0 Å². The van der Waals surface area contributed by atoms with Crippen LogP contribution in [0.1, 0.15) is 18.4 Å². The van der Waals surface area contributed by atoms with Crippen molar-refractivity contribution in [3.63, 3.8) is 0 Å². The Bertz CT molecular complexity index is 1130. The molecule has 2 aromatic heterocycles. The second-order valence-corrected chi connectivity index (χ2v) is 7.55. The number of pyridine rings is 2. The predicted molar refractivity (Wildman–Crippen MR) is 120 cm³/mol. The SMILES string of the molecule is NCc1ccc(-c2nc3ccnc(N4CCCC4)c3cc2-c2ccccc2)cc1.